The highest BCUT2D eigenvalue weighted by molar-refractivity contribution is 9.10. The molecule has 0 radical (unpaired) electrons. The van der Waals surface area contributed by atoms with Gasteiger partial charge in [-0.1, -0.05) is 12.1 Å². The average Bonchev–Trinajstić information content (AvgIpc) is 2.61. The van der Waals surface area contributed by atoms with Crippen molar-refractivity contribution >= 4 is 28.1 Å². The standard InChI is InChI=1S/C18H19BrN2O4/c1-3-24-16-6-4-5-7-17(16)25-12-18(22)21-20-11-13-8-9-15(23-2)14(19)10-13/h4-11H,3,12H2,1-2H3,(H,21,22)/b20-11+. The van der Waals surface area contributed by atoms with Gasteiger partial charge in [0.15, 0.2) is 18.1 Å². The zero-order valence-corrected chi connectivity index (χ0v) is 15.6. The Balaban J connectivity index is 1.85. The van der Waals surface area contributed by atoms with Gasteiger partial charge in [0.2, 0.25) is 0 Å². The van der Waals surface area contributed by atoms with Crippen molar-refractivity contribution in [3.63, 3.8) is 0 Å². The van der Waals surface area contributed by atoms with Crippen LogP contribution in [0.15, 0.2) is 52.0 Å². The predicted molar refractivity (Wildman–Crippen MR) is 99.5 cm³/mol. The molecule has 7 heteroatoms. The number of hydrazone groups is 1. The highest BCUT2D eigenvalue weighted by Crippen LogP contribution is 2.26. The molecule has 0 fully saturated rings. The fourth-order valence-corrected chi connectivity index (χ4v) is 2.52. The van der Waals surface area contributed by atoms with Gasteiger partial charge in [-0.05, 0) is 58.7 Å². The summed E-state index contributed by atoms with van der Waals surface area (Å²) in [6, 6.07) is 12.7. The van der Waals surface area contributed by atoms with Crippen LogP contribution < -0.4 is 19.6 Å². The molecule has 0 bridgehead atoms. The minimum Gasteiger partial charge on any atom is -0.496 e. The largest absolute Gasteiger partial charge is 0.496 e. The number of methoxy groups -OCH3 is 1. The van der Waals surface area contributed by atoms with E-state index in [1.165, 1.54) is 6.21 Å². The normalized spacial score (nSPS) is 10.5. The van der Waals surface area contributed by atoms with Gasteiger partial charge >= 0.3 is 0 Å². The zero-order chi connectivity index (χ0) is 18.1. The number of nitrogens with zero attached hydrogens (tertiary/aromatic N) is 1. The number of nitrogens with one attached hydrogen (secondary N) is 1. The molecule has 0 saturated heterocycles. The van der Waals surface area contributed by atoms with Crippen LogP contribution in [0.5, 0.6) is 17.2 Å². The van der Waals surface area contributed by atoms with E-state index in [0.717, 1.165) is 15.8 Å². The second kappa shape index (κ2) is 9.68. The van der Waals surface area contributed by atoms with E-state index in [1.54, 1.807) is 25.3 Å². The second-order valence-electron chi connectivity index (χ2n) is 4.86. The maximum atomic E-state index is 11.8. The summed E-state index contributed by atoms with van der Waals surface area (Å²) < 4.78 is 16.9. The van der Waals surface area contributed by atoms with Crippen LogP contribution in [0.3, 0.4) is 0 Å². The van der Waals surface area contributed by atoms with Gasteiger partial charge in [-0.2, -0.15) is 5.10 Å². The Morgan fingerprint density at radius 1 is 1.16 bits per heavy atom. The predicted octanol–water partition coefficient (Wildman–Crippen LogP) is 3.39. The third-order valence-corrected chi connectivity index (χ3v) is 3.71. The third kappa shape index (κ3) is 5.79. The number of ether oxygens (including phenoxy) is 3. The molecule has 0 atom stereocenters. The van der Waals surface area contributed by atoms with Gasteiger partial charge in [0.05, 0.1) is 24.4 Å². The van der Waals surface area contributed by atoms with Gasteiger partial charge in [0, 0.05) is 0 Å². The quantitative estimate of drug-likeness (QED) is 0.538. The molecule has 2 aromatic rings. The van der Waals surface area contributed by atoms with Gasteiger partial charge in [-0.3, -0.25) is 4.79 Å². The molecule has 6 nitrogen and oxygen atoms in total. The van der Waals surface area contributed by atoms with Crippen molar-refractivity contribution in [2.75, 3.05) is 20.3 Å². The molecule has 25 heavy (non-hydrogen) atoms. The van der Waals surface area contributed by atoms with Crippen molar-refractivity contribution in [1.29, 1.82) is 0 Å². The monoisotopic (exact) mass is 406 g/mol. The topological polar surface area (TPSA) is 69.2 Å². The summed E-state index contributed by atoms with van der Waals surface area (Å²) in [6.45, 7) is 2.25. The first-order valence-corrected chi connectivity index (χ1v) is 8.43. The van der Waals surface area contributed by atoms with Crippen molar-refractivity contribution in [1.82, 2.24) is 5.43 Å². The first-order valence-electron chi connectivity index (χ1n) is 7.64. The van der Waals surface area contributed by atoms with Crippen LogP contribution in [0.25, 0.3) is 0 Å². The van der Waals surface area contributed by atoms with Crippen LogP contribution in [0, 0.1) is 0 Å². The van der Waals surface area contributed by atoms with E-state index in [2.05, 4.69) is 26.5 Å². The average molecular weight is 407 g/mol. The number of rotatable bonds is 8. The first-order chi connectivity index (χ1) is 12.1. The molecule has 0 aromatic heterocycles. The maximum absolute atomic E-state index is 11.8. The molecule has 1 amide bonds. The van der Waals surface area contributed by atoms with Crippen LogP contribution >= 0.6 is 15.9 Å². The summed E-state index contributed by atoms with van der Waals surface area (Å²) in [6.07, 6.45) is 1.54. The van der Waals surface area contributed by atoms with Crippen molar-refractivity contribution < 1.29 is 19.0 Å². The second-order valence-corrected chi connectivity index (χ2v) is 5.71. The number of para-hydroxylation sites is 2. The molecule has 132 valence electrons. The number of halogens is 1. The first kappa shape index (κ1) is 18.8. The molecule has 0 heterocycles. The molecule has 0 aliphatic carbocycles. The molecular weight excluding hydrogens is 388 g/mol. The van der Waals surface area contributed by atoms with Gasteiger partial charge in [-0.15, -0.1) is 0 Å². The third-order valence-electron chi connectivity index (χ3n) is 3.09. The highest BCUT2D eigenvalue weighted by atomic mass is 79.9. The lowest BCUT2D eigenvalue weighted by atomic mass is 10.2. The molecule has 0 unspecified atom stereocenters. The van der Waals surface area contributed by atoms with Crippen LogP contribution in [0.1, 0.15) is 12.5 Å². The van der Waals surface area contributed by atoms with E-state index in [4.69, 9.17) is 14.2 Å². The van der Waals surface area contributed by atoms with Crippen molar-refractivity contribution in [3.8, 4) is 17.2 Å². The van der Waals surface area contributed by atoms with E-state index in [0.29, 0.717) is 18.1 Å². The van der Waals surface area contributed by atoms with E-state index < -0.39 is 0 Å². The van der Waals surface area contributed by atoms with E-state index in [9.17, 15) is 4.79 Å². The van der Waals surface area contributed by atoms with Gasteiger partial charge in [-0.25, -0.2) is 5.43 Å². The summed E-state index contributed by atoms with van der Waals surface area (Å²) in [4.78, 5) is 11.8. The van der Waals surface area contributed by atoms with Crippen LogP contribution in [0.4, 0.5) is 0 Å². The Kier molecular flexibility index (Phi) is 7.28. The SMILES string of the molecule is CCOc1ccccc1OCC(=O)N/N=C/c1ccc(OC)c(Br)c1. The van der Waals surface area contributed by atoms with Crippen molar-refractivity contribution in [3.05, 3.63) is 52.5 Å². The lowest BCUT2D eigenvalue weighted by Gasteiger charge is -2.10. The minimum atomic E-state index is -0.366. The lowest BCUT2D eigenvalue weighted by Crippen LogP contribution is -2.24. The molecule has 0 aliphatic rings. The molecular formula is C18H19BrN2O4. The Hall–Kier alpha value is -2.54. The van der Waals surface area contributed by atoms with Gasteiger partial charge in [0.25, 0.3) is 5.91 Å². The fraction of sp³-hybridized carbons (Fsp3) is 0.222. The number of carbonyl (C=O) groups excluding carboxylic acids is 1. The molecule has 0 aliphatic heterocycles. The summed E-state index contributed by atoms with van der Waals surface area (Å²) in [5, 5.41) is 3.91. The smallest absolute Gasteiger partial charge is 0.277 e. The molecule has 0 saturated carbocycles. The van der Waals surface area contributed by atoms with E-state index in [-0.39, 0.29) is 12.5 Å². The highest BCUT2D eigenvalue weighted by Gasteiger charge is 2.06. The Morgan fingerprint density at radius 2 is 1.88 bits per heavy atom. The Morgan fingerprint density at radius 3 is 2.52 bits per heavy atom. The number of carbonyl (C=O) groups is 1. The number of benzene rings is 2. The zero-order valence-electron chi connectivity index (χ0n) is 14.0. The summed E-state index contributed by atoms with van der Waals surface area (Å²) >= 11 is 3.39. The Labute approximate surface area is 154 Å². The minimum absolute atomic E-state index is 0.159. The van der Waals surface area contributed by atoms with Crippen LogP contribution in [-0.2, 0) is 4.79 Å². The van der Waals surface area contributed by atoms with E-state index >= 15 is 0 Å². The molecule has 2 rings (SSSR count). The molecule has 0 spiro atoms. The van der Waals surface area contributed by atoms with Crippen LogP contribution in [-0.4, -0.2) is 32.4 Å². The Bertz CT molecular complexity index is 750. The lowest BCUT2D eigenvalue weighted by molar-refractivity contribution is -0.123. The fourth-order valence-electron chi connectivity index (χ4n) is 1.96. The van der Waals surface area contributed by atoms with Crippen molar-refractivity contribution in [2.24, 2.45) is 5.10 Å². The van der Waals surface area contributed by atoms with Gasteiger partial charge < -0.3 is 14.2 Å². The summed E-state index contributed by atoms with van der Waals surface area (Å²) in [7, 11) is 1.60. The van der Waals surface area contributed by atoms with Crippen molar-refractivity contribution in [2.45, 2.75) is 6.92 Å². The summed E-state index contributed by atoms with van der Waals surface area (Å²) in [5.74, 6) is 1.48. The number of amides is 1. The molecule has 1 N–H and O–H groups in total. The maximum Gasteiger partial charge on any atom is 0.277 e. The van der Waals surface area contributed by atoms with Crippen LogP contribution in [0.2, 0.25) is 0 Å². The number of hydrogen-bond acceptors (Lipinski definition) is 5. The molecule has 2 aromatic carbocycles. The van der Waals surface area contributed by atoms with E-state index in [1.807, 2.05) is 31.2 Å². The summed E-state index contributed by atoms with van der Waals surface area (Å²) in [5.41, 5.74) is 3.23. The number of hydrogen-bond donors (Lipinski definition) is 1. The van der Waals surface area contributed by atoms with Gasteiger partial charge in [0.1, 0.15) is 5.75 Å².